The Balaban J connectivity index is 2.01. The van der Waals surface area contributed by atoms with E-state index in [0.717, 1.165) is 5.92 Å². The summed E-state index contributed by atoms with van der Waals surface area (Å²) >= 11 is 0. The maximum absolute atomic E-state index is 2.31. The zero-order valence-corrected chi connectivity index (χ0v) is 11.8. The summed E-state index contributed by atoms with van der Waals surface area (Å²) in [6.45, 7) is 7.96. The quantitative estimate of drug-likeness (QED) is 0.467. The lowest BCUT2D eigenvalue weighted by molar-refractivity contribution is -0.697. The minimum absolute atomic E-state index is 0.873. The molecule has 0 atom stereocenters. The van der Waals surface area contributed by atoms with Gasteiger partial charge in [0.1, 0.15) is 6.54 Å². The second-order valence-corrected chi connectivity index (χ2v) is 5.57. The second-order valence-electron chi connectivity index (χ2n) is 5.57. The summed E-state index contributed by atoms with van der Waals surface area (Å²) < 4.78 is 2.31. The first-order valence-electron chi connectivity index (χ1n) is 7.14. The van der Waals surface area contributed by atoms with E-state index in [2.05, 4.69) is 49.9 Å². The Morgan fingerprint density at radius 1 is 1.06 bits per heavy atom. The van der Waals surface area contributed by atoms with Gasteiger partial charge < -0.3 is 0 Å². The molecule has 0 spiro atoms. The highest BCUT2D eigenvalue weighted by Crippen LogP contribution is 2.10. The van der Waals surface area contributed by atoms with E-state index >= 15 is 0 Å². The van der Waals surface area contributed by atoms with Gasteiger partial charge in [-0.05, 0) is 25.3 Å². The molecule has 1 rings (SSSR count). The predicted octanol–water partition coefficient (Wildman–Crippen LogP) is 4.28. The van der Waals surface area contributed by atoms with Gasteiger partial charge in [-0.25, -0.2) is 4.57 Å². The molecular formula is C16H28N+. The van der Waals surface area contributed by atoms with Crippen molar-refractivity contribution in [3.05, 3.63) is 30.1 Å². The number of hydrogen-bond donors (Lipinski definition) is 0. The van der Waals surface area contributed by atoms with Crippen LogP contribution >= 0.6 is 0 Å². The first kappa shape index (κ1) is 14.2. The first-order valence-corrected chi connectivity index (χ1v) is 7.14. The van der Waals surface area contributed by atoms with Crippen LogP contribution in [0.5, 0.6) is 0 Å². The molecule has 0 fully saturated rings. The highest BCUT2D eigenvalue weighted by Gasteiger charge is 2.00. The predicted molar refractivity (Wildman–Crippen MR) is 73.9 cm³/mol. The average Bonchev–Trinajstić information content (AvgIpc) is 2.27. The van der Waals surface area contributed by atoms with Crippen molar-refractivity contribution in [1.29, 1.82) is 0 Å². The molecule has 96 valence electrons. The third-order valence-corrected chi connectivity index (χ3v) is 3.20. The third-order valence-electron chi connectivity index (χ3n) is 3.20. The van der Waals surface area contributed by atoms with E-state index < -0.39 is 0 Å². The third kappa shape index (κ3) is 7.14. The Bertz CT molecular complexity index is 304. The molecule has 0 saturated carbocycles. The summed E-state index contributed by atoms with van der Waals surface area (Å²) in [6, 6.07) is 4.29. The molecular weight excluding hydrogens is 206 g/mol. The minimum Gasteiger partial charge on any atom is -0.205 e. The van der Waals surface area contributed by atoms with Gasteiger partial charge in [0.05, 0.1) is 0 Å². The van der Waals surface area contributed by atoms with Gasteiger partial charge in [-0.2, -0.15) is 0 Å². The lowest BCUT2D eigenvalue weighted by Crippen LogP contribution is -2.32. The molecule has 1 aromatic heterocycles. The molecule has 1 aromatic rings. The molecule has 0 bridgehead atoms. The van der Waals surface area contributed by atoms with Crippen molar-refractivity contribution in [3.8, 4) is 0 Å². The molecule has 1 heterocycles. The maximum Gasteiger partial charge on any atom is 0.171 e. The van der Waals surface area contributed by atoms with Crippen LogP contribution in [0, 0.1) is 12.8 Å². The van der Waals surface area contributed by atoms with Crippen LogP contribution in [0.15, 0.2) is 24.5 Å². The second kappa shape index (κ2) is 8.27. The maximum atomic E-state index is 2.31. The van der Waals surface area contributed by atoms with E-state index in [-0.39, 0.29) is 0 Å². The van der Waals surface area contributed by atoms with E-state index in [9.17, 15) is 0 Å². The molecule has 0 aromatic carbocycles. The van der Waals surface area contributed by atoms with Crippen LogP contribution in [-0.4, -0.2) is 0 Å². The van der Waals surface area contributed by atoms with Crippen LogP contribution in [0.3, 0.4) is 0 Å². The van der Waals surface area contributed by atoms with Crippen LogP contribution in [0.1, 0.15) is 57.9 Å². The highest BCUT2D eigenvalue weighted by molar-refractivity contribution is 5.01. The van der Waals surface area contributed by atoms with Crippen LogP contribution in [0.2, 0.25) is 0 Å². The molecule has 0 aliphatic carbocycles. The number of aromatic nitrogens is 1. The molecule has 0 aliphatic heterocycles. The number of unbranched alkanes of at least 4 members (excludes halogenated alkanes) is 4. The van der Waals surface area contributed by atoms with Crippen molar-refractivity contribution in [2.45, 2.75) is 65.8 Å². The van der Waals surface area contributed by atoms with E-state index in [4.69, 9.17) is 0 Å². The zero-order valence-electron chi connectivity index (χ0n) is 11.8. The Morgan fingerprint density at radius 2 is 1.76 bits per heavy atom. The Morgan fingerprint density at radius 3 is 2.47 bits per heavy atom. The van der Waals surface area contributed by atoms with E-state index in [1.165, 1.54) is 50.6 Å². The number of pyridine rings is 1. The Hall–Kier alpha value is -0.850. The topological polar surface area (TPSA) is 3.88 Å². The van der Waals surface area contributed by atoms with Gasteiger partial charge in [0, 0.05) is 18.1 Å². The van der Waals surface area contributed by atoms with Gasteiger partial charge in [-0.1, -0.05) is 39.5 Å². The first-order chi connectivity index (χ1) is 8.18. The van der Waals surface area contributed by atoms with Gasteiger partial charge in [-0.3, -0.25) is 0 Å². The standard InChI is InChI=1S/C16H28N/c1-15(2)10-7-5-4-6-8-12-17-13-9-11-16(3)14-17/h9,11,13-15H,4-8,10,12H2,1-3H3/q+1. The van der Waals surface area contributed by atoms with Crippen LogP contribution in [0.25, 0.3) is 0 Å². The van der Waals surface area contributed by atoms with Crippen molar-refractivity contribution in [2.24, 2.45) is 5.92 Å². The number of nitrogens with zero attached hydrogens (tertiary/aromatic N) is 1. The monoisotopic (exact) mass is 234 g/mol. The normalized spacial score (nSPS) is 11.1. The molecule has 0 aliphatic rings. The summed E-state index contributed by atoms with van der Waals surface area (Å²) in [5, 5.41) is 0. The van der Waals surface area contributed by atoms with Crippen molar-refractivity contribution >= 4 is 0 Å². The fraction of sp³-hybridized carbons (Fsp3) is 0.688. The van der Waals surface area contributed by atoms with Crippen LogP contribution in [-0.2, 0) is 6.54 Å². The zero-order chi connectivity index (χ0) is 12.5. The van der Waals surface area contributed by atoms with E-state index in [1.54, 1.807) is 0 Å². The van der Waals surface area contributed by atoms with E-state index in [1.807, 2.05) is 0 Å². The van der Waals surface area contributed by atoms with Gasteiger partial charge in [0.25, 0.3) is 0 Å². The number of hydrogen-bond acceptors (Lipinski definition) is 0. The molecule has 1 nitrogen and oxygen atoms in total. The summed E-state index contributed by atoms with van der Waals surface area (Å²) in [5.41, 5.74) is 1.35. The van der Waals surface area contributed by atoms with Gasteiger partial charge in [0.2, 0.25) is 0 Å². The van der Waals surface area contributed by atoms with Gasteiger partial charge in [-0.15, -0.1) is 0 Å². The molecule has 0 saturated heterocycles. The molecule has 0 amide bonds. The van der Waals surface area contributed by atoms with Gasteiger partial charge >= 0.3 is 0 Å². The molecule has 1 heteroatoms. The molecule has 17 heavy (non-hydrogen) atoms. The smallest absolute Gasteiger partial charge is 0.171 e. The summed E-state index contributed by atoms with van der Waals surface area (Å²) in [4.78, 5) is 0. The lowest BCUT2D eigenvalue weighted by atomic mass is 10.0. The Labute approximate surface area is 107 Å². The minimum atomic E-state index is 0.873. The van der Waals surface area contributed by atoms with Crippen molar-refractivity contribution in [2.75, 3.05) is 0 Å². The summed E-state index contributed by atoms with van der Waals surface area (Å²) in [5.74, 6) is 0.873. The van der Waals surface area contributed by atoms with Crippen molar-refractivity contribution < 1.29 is 4.57 Å². The summed E-state index contributed by atoms with van der Waals surface area (Å²) in [7, 11) is 0. The highest BCUT2D eigenvalue weighted by atomic mass is 14.9. The molecule has 0 unspecified atom stereocenters. The van der Waals surface area contributed by atoms with Crippen molar-refractivity contribution in [3.63, 3.8) is 0 Å². The fourth-order valence-corrected chi connectivity index (χ4v) is 2.17. The van der Waals surface area contributed by atoms with Crippen LogP contribution < -0.4 is 4.57 Å². The number of rotatable bonds is 8. The molecule has 0 N–H and O–H groups in total. The summed E-state index contributed by atoms with van der Waals surface area (Å²) in [6.07, 6.45) is 12.7. The fourth-order valence-electron chi connectivity index (χ4n) is 2.17. The largest absolute Gasteiger partial charge is 0.205 e. The SMILES string of the molecule is Cc1ccc[n+](CCCCCCCC(C)C)c1. The molecule has 0 radical (unpaired) electrons. The lowest BCUT2D eigenvalue weighted by Gasteiger charge is -2.03. The number of aryl methyl sites for hydroxylation is 2. The average molecular weight is 234 g/mol. The van der Waals surface area contributed by atoms with E-state index in [0.29, 0.717) is 0 Å². The van der Waals surface area contributed by atoms with Crippen molar-refractivity contribution in [1.82, 2.24) is 0 Å². The van der Waals surface area contributed by atoms with Gasteiger partial charge in [0.15, 0.2) is 12.4 Å². The van der Waals surface area contributed by atoms with Crippen LogP contribution in [0.4, 0.5) is 0 Å². The Kier molecular flexibility index (Phi) is 6.91.